The molecule has 0 N–H and O–H groups in total. The van der Waals surface area contributed by atoms with Crippen LogP contribution < -0.4 is 14.4 Å². The summed E-state index contributed by atoms with van der Waals surface area (Å²) in [4.78, 5) is 23.2. The van der Waals surface area contributed by atoms with E-state index >= 15 is 0 Å². The van der Waals surface area contributed by atoms with Crippen LogP contribution in [0.25, 0.3) is 6.08 Å². The Morgan fingerprint density at radius 1 is 1.07 bits per heavy atom. The number of carbonyl (C=O) groups is 1. The number of para-hydroxylation sites is 1. The van der Waals surface area contributed by atoms with Crippen LogP contribution in [0.15, 0.2) is 66.6 Å². The molecule has 3 aromatic rings. The van der Waals surface area contributed by atoms with Gasteiger partial charge in [-0.3, -0.25) is 0 Å². The highest BCUT2D eigenvalue weighted by atomic mass is 16.5. The molecule has 0 amide bonds. The van der Waals surface area contributed by atoms with Crippen LogP contribution in [-0.4, -0.2) is 36.7 Å². The number of cyclic esters (lactones) is 1. The fraction of sp³-hybridized carbons (Fsp3) is 0.174. The van der Waals surface area contributed by atoms with Crippen LogP contribution in [0.2, 0.25) is 0 Å². The predicted molar refractivity (Wildman–Crippen MR) is 112 cm³/mol. The van der Waals surface area contributed by atoms with Gasteiger partial charge in [-0.05, 0) is 23.8 Å². The summed E-state index contributed by atoms with van der Waals surface area (Å²) in [6.07, 6.45) is 3.30. The third-order valence-corrected chi connectivity index (χ3v) is 4.70. The molecule has 1 aromatic heterocycles. The van der Waals surface area contributed by atoms with Crippen LogP contribution in [0.4, 0.5) is 5.69 Å². The quantitative estimate of drug-likeness (QED) is 0.601. The number of rotatable bonds is 5. The highest BCUT2D eigenvalue weighted by Crippen LogP contribution is 2.30. The number of ether oxygens (including phenoxy) is 3. The van der Waals surface area contributed by atoms with Gasteiger partial charge >= 0.3 is 12.0 Å². The fourth-order valence-corrected chi connectivity index (χ4v) is 3.32. The molecule has 0 bridgehead atoms. The predicted octanol–water partition coefficient (Wildman–Crippen LogP) is 3.71. The van der Waals surface area contributed by atoms with Gasteiger partial charge in [0.15, 0.2) is 0 Å². The molecule has 1 aliphatic rings. The zero-order chi connectivity index (χ0) is 20.9. The van der Waals surface area contributed by atoms with Crippen LogP contribution in [0, 0.1) is 0 Å². The number of fused-ring (bicyclic) bond motifs is 1. The van der Waals surface area contributed by atoms with Crippen molar-refractivity contribution in [1.82, 2.24) is 9.97 Å². The third kappa shape index (κ3) is 4.10. The number of hydrogen-bond donors (Lipinski definition) is 0. The Bertz CT molecular complexity index is 1080. The first-order valence-corrected chi connectivity index (χ1v) is 9.43. The number of hydrogen-bond acceptors (Lipinski definition) is 7. The summed E-state index contributed by atoms with van der Waals surface area (Å²) in [7, 11) is 3.00. The Labute approximate surface area is 174 Å². The summed E-state index contributed by atoms with van der Waals surface area (Å²) in [6.45, 7) is 1.02. The average molecular weight is 403 g/mol. The average Bonchev–Trinajstić information content (AvgIpc) is 2.91. The third-order valence-electron chi connectivity index (χ3n) is 4.70. The number of esters is 1. The smallest absolute Gasteiger partial charge is 0.345 e. The van der Waals surface area contributed by atoms with Crippen LogP contribution in [0.3, 0.4) is 0 Å². The Morgan fingerprint density at radius 3 is 2.60 bits per heavy atom. The number of aromatic nitrogens is 2. The molecule has 0 atom stereocenters. The van der Waals surface area contributed by atoms with Gasteiger partial charge in [-0.25, -0.2) is 9.78 Å². The van der Waals surface area contributed by atoms with Crippen molar-refractivity contribution in [3.05, 3.63) is 83.2 Å². The highest BCUT2D eigenvalue weighted by Gasteiger charge is 2.25. The SMILES string of the molecule is COc1ncc(/C=C2/CN(Cc3ccccc3)c3ccccc3C(=O)O2)c(OC)n1. The van der Waals surface area contributed by atoms with E-state index in [9.17, 15) is 4.79 Å². The minimum atomic E-state index is -0.402. The van der Waals surface area contributed by atoms with Crippen molar-refractivity contribution >= 4 is 17.7 Å². The van der Waals surface area contributed by atoms with E-state index in [-0.39, 0.29) is 6.01 Å². The Hall–Kier alpha value is -3.87. The molecular weight excluding hydrogens is 382 g/mol. The zero-order valence-corrected chi connectivity index (χ0v) is 16.7. The lowest BCUT2D eigenvalue weighted by molar-refractivity contribution is 0.0632. The molecule has 152 valence electrons. The van der Waals surface area contributed by atoms with Gasteiger partial charge in [-0.1, -0.05) is 42.5 Å². The number of methoxy groups -OCH3 is 2. The second-order valence-corrected chi connectivity index (χ2v) is 6.68. The Kier molecular flexibility index (Phi) is 5.61. The van der Waals surface area contributed by atoms with Crippen LogP contribution in [0.1, 0.15) is 21.5 Å². The lowest BCUT2D eigenvalue weighted by atomic mass is 10.1. The monoisotopic (exact) mass is 403 g/mol. The zero-order valence-electron chi connectivity index (χ0n) is 16.7. The number of nitrogens with zero attached hydrogens (tertiary/aromatic N) is 3. The lowest BCUT2D eigenvalue weighted by Crippen LogP contribution is -2.24. The molecule has 0 unspecified atom stereocenters. The van der Waals surface area contributed by atoms with E-state index in [0.717, 1.165) is 11.3 Å². The molecule has 0 spiro atoms. The lowest BCUT2D eigenvalue weighted by Gasteiger charge is -2.24. The van der Waals surface area contributed by atoms with Gasteiger partial charge in [0.25, 0.3) is 0 Å². The van der Waals surface area contributed by atoms with Crippen molar-refractivity contribution < 1.29 is 19.0 Å². The van der Waals surface area contributed by atoms with Gasteiger partial charge in [-0.2, -0.15) is 4.98 Å². The molecule has 0 saturated heterocycles. The first-order chi connectivity index (χ1) is 14.7. The summed E-state index contributed by atoms with van der Waals surface area (Å²) in [5, 5.41) is 0. The van der Waals surface area contributed by atoms with E-state index in [0.29, 0.717) is 35.9 Å². The van der Waals surface area contributed by atoms with Crippen molar-refractivity contribution in [1.29, 1.82) is 0 Å². The first kappa shape index (κ1) is 19.4. The standard InChI is InChI=1S/C23H21N3O4/c1-28-21-17(13-24-23(25-21)29-2)12-18-15-26(14-16-8-4-3-5-9-16)20-11-7-6-10-19(20)22(27)30-18/h3-13H,14-15H2,1-2H3/b18-12-. The maximum Gasteiger partial charge on any atom is 0.345 e. The normalized spacial score (nSPS) is 14.7. The Morgan fingerprint density at radius 2 is 1.83 bits per heavy atom. The van der Waals surface area contributed by atoms with Crippen LogP contribution in [0.5, 0.6) is 11.9 Å². The summed E-state index contributed by atoms with van der Waals surface area (Å²) in [6, 6.07) is 17.7. The number of anilines is 1. The molecule has 2 aromatic carbocycles. The molecule has 2 heterocycles. The summed E-state index contributed by atoms with van der Waals surface area (Å²) >= 11 is 0. The second kappa shape index (κ2) is 8.65. The molecule has 7 nitrogen and oxygen atoms in total. The molecular formula is C23H21N3O4. The van der Waals surface area contributed by atoms with E-state index in [4.69, 9.17) is 14.2 Å². The van der Waals surface area contributed by atoms with Crippen LogP contribution in [-0.2, 0) is 11.3 Å². The molecule has 1 aliphatic heterocycles. The van der Waals surface area contributed by atoms with Gasteiger partial charge in [0.1, 0.15) is 5.76 Å². The molecule has 4 rings (SSSR count). The largest absolute Gasteiger partial charge is 0.480 e. The summed E-state index contributed by atoms with van der Waals surface area (Å²) < 4.78 is 16.1. The van der Waals surface area contributed by atoms with Gasteiger partial charge in [0.2, 0.25) is 5.88 Å². The molecule has 0 radical (unpaired) electrons. The van der Waals surface area contributed by atoms with Gasteiger partial charge in [-0.15, -0.1) is 0 Å². The van der Waals surface area contributed by atoms with Gasteiger partial charge in [0.05, 0.1) is 37.6 Å². The maximum atomic E-state index is 12.8. The van der Waals surface area contributed by atoms with Crippen molar-refractivity contribution in [2.24, 2.45) is 0 Å². The molecule has 0 saturated carbocycles. The Balaban J connectivity index is 1.73. The minimum absolute atomic E-state index is 0.199. The highest BCUT2D eigenvalue weighted by molar-refractivity contribution is 5.97. The summed E-state index contributed by atoms with van der Waals surface area (Å²) in [5.41, 5.74) is 3.07. The maximum absolute atomic E-state index is 12.8. The van der Waals surface area contributed by atoms with Crippen molar-refractivity contribution in [3.63, 3.8) is 0 Å². The minimum Gasteiger partial charge on any atom is -0.480 e. The molecule has 0 aliphatic carbocycles. The van der Waals surface area contributed by atoms with Gasteiger partial charge < -0.3 is 19.1 Å². The second-order valence-electron chi connectivity index (χ2n) is 6.68. The van der Waals surface area contributed by atoms with Gasteiger partial charge in [0, 0.05) is 12.7 Å². The van der Waals surface area contributed by atoms with Crippen molar-refractivity contribution in [2.45, 2.75) is 6.54 Å². The number of carbonyl (C=O) groups excluding carboxylic acids is 1. The number of benzene rings is 2. The molecule has 30 heavy (non-hydrogen) atoms. The van der Waals surface area contributed by atoms with E-state index in [1.807, 2.05) is 36.4 Å². The fourth-order valence-electron chi connectivity index (χ4n) is 3.32. The first-order valence-electron chi connectivity index (χ1n) is 9.43. The molecule has 7 heteroatoms. The van der Waals surface area contributed by atoms with Crippen molar-refractivity contribution in [3.8, 4) is 11.9 Å². The van der Waals surface area contributed by atoms with E-state index < -0.39 is 5.97 Å². The topological polar surface area (TPSA) is 73.8 Å². The van der Waals surface area contributed by atoms with E-state index in [2.05, 4.69) is 27.0 Å². The van der Waals surface area contributed by atoms with Crippen LogP contribution >= 0.6 is 0 Å². The molecule has 0 fully saturated rings. The van der Waals surface area contributed by atoms with Crippen molar-refractivity contribution in [2.75, 3.05) is 25.7 Å². The summed E-state index contributed by atoms with van der Waals surface area (Å²) in [5.74, 6) is 0.404. The van der Waals surface area contributed by atoms with E-state index in [1.165, 1.54) is 14.2 Å². The van der Waals surface area contributed by atoms with E-state index in [1.54, 1.807) is 18.3 Å².